The first kappa shape index (κ1) is 15.1. The molecular formula is C14H26N4O2. The molecule has 1 saturated heterocycles. The van der Waals surface area contributed by atoms with Gasteiger partial charge < -0.3 is 21.3 Å². The van der Waals surface area contributed by atoms with Gasteiger partial charge in [-0.05, 0) is 26.2 Å². The third-order valence-electron chi connectivity index (χ3n) is 4.34. The lowest BCUT2D eigenvalue weighted by Crippen LogP contribution is -2.57. The average Bonchev–Trinajstić information content (AvgIpc) is 2.88. The van der Waals surface area contributed by atoms with Gasteiger partial charge in [-0.1, -0.05) is 19.3 Å². The van der Waals surface area contributed by atoms with Crippen LogP contribution in [0.25, 0.3) is 0 Å². The summed E-state index contributed by atoms with van der Waals surface area (Å²) < 4.78 is 0. The van der Waals surface area contributed by atoms with Crippen LogP contribution in [0.4, 0.5) is 4.79 Å². The second-order valence-electron chi connectivity index (χ2n) is 5.96. The fourth-order valence-electron chi connectivity index (χ4n) is 3.06. The molecule has 0 aromatic carbocycles. The maximum Gasteiger partial charge on any atom is 0.317 e. The molecule has 4 N–H and O–H groups in total. The molecule has 0 bridgehead atoms. The van der Waals surface area contributed by atoms with Gasteiger partial charge in [0.25, 0.3) is 0 Å². The Bertz CT molecular complexity index is 366. The maximum absolute atomic E-state index is 12.3. The van der Waals surface area contributed by atoms with E-state index < -0.39 is 5.54 Å². The maximum atomic E-state index is 12.3. The lowest BCUT2D eigenvalue weighted by atomic mass is 9.82. The number of hydrogen-bond acceptors (Lipinski definition) is 3. The SMILES string of the molecule is CCNC(=O)N1CCC(NC(=O)C2(N)CCCCC2)C1. The van der Waals surface area contributed by atoms with Crippen LogP contribution >= 0.6 is 0 Å². The number of amides is 3. The summed E-state index contributed by atoms with van der Waals surface area (Å²) in [5.74, 6) is -0.0417. The molecule has 2 rings (SSSR count). The molecule has 3 amide bonds. The molecule has 20 heavy (non-hydrogen) atoms. The van der Waals surface area contributed by atoms with Crippen LogP contribution in [0.15, 0.2) is 0 Å². The van der Waals surface area contributed by atoms with Gasteiger partial charge in [-0.3, -0.25) is 4.79 Å². The van der Waals surface area contributed by atoms with E-state index in [1.807, 2.05) is 6.92 Å². The predicted octanol–water partition coefficient (Wildman–Crippen LogP) is 0.568. The number of nitrogens with zero attached hydrogens (tertiary/aromatic N) is 1. The van der Waals surface area contributed by atoms with Crippen molar-refractivity contribution in [3.63, 3.8) is 0 Å². The van der Waals surface area contributed by atoms with Crippen LogP contribution in [0.1, 0.15) is 45.4 Å². The smallest absolute Gasteiger partial charge is 0.317 e. The van der Waals surface area contributed by atoms with Crippen molar-refractivity contribution >= 4 is 11.9 Å². The third kappa shape index (κ3) is 3.42. The highest BCUT2D eigenvalue weighted by atomic mass is 16.2. The molecule has 1 atom stereocenters. The lowest BCUT2D eigenvalue weighted by Gasteiger charge is -2.33. The number of likely N-dealkylation sites (tertiary alicyclic amines) is 1. The first-order valence-electron chi connectivity index (χ1n) is 7.68. The Kier molecular flexibility index (Phi) is 4.86. The Morgan fingerprint density at radius 2 is 2.00 bits per heavy atom. The predicted molar refractivity (Wildman–Crippen MR) is 77.2 cm³/mol. The highest BCUT2D eigenvalue weighted by Gasteiger charge is 2.37. The Labute approximate surface area is 120 Å². The highest BCUT2D eigenvalue weighted by molar-refractivity contribution is 5.86. The third-order valence-corrected chi connectivity index (χ3v) is 4.34. The fraction of sp³-hybridized carbons (Fsp3) is 0.857. The number of carbonyl (C=O) groups is 2. The standard InChI is InChI=1S/C14H26N4O2/c1-2-16-13(20)18-9-6-11(10-18)17-12(19)14(15)7-4-3-5-8-14/h11H,2-10,15H2,1H3,(H,16,20)(H,17,19). The molecule has 6 nitrogen and oxygen atoms in total. The summed E-state index contributed by atoms with van der Waals surface area (Å²) in [5.41, 5.74) is 5.52. The second-order valence-corrected chi connectivity index (χ2v) is 5.96. The summed E-state index contributed by atoms with van der Waals surface area (Å²) in [6.45, 7) is 3.79. The minimum Gasteiger partial charge on any atom is -0.350 e. The van der Waals surface area contributed by atoms with Crippen LogP contribution in [0.5, 0.6) is 0 Å². The largest absolute Gasteiger partial charge is 0.350 e. The van der Waals surface area contributed by atoms with Gasteiger partial charge in [0.15, 0.2) is 0 Å². The summed E-state index contributed by atoms with van der Waals surface area (Å²) in [5, 5.41) is 5.81. The molecule has 1 unspecified atom stereocenters. The number of hydrogen-bond donors (Lipinski definition) is 3. The van der Waals surface area contributed by atoms with Crippen LogP contribution in [0.2, 0.25) is 0 Å². The number of carbonyl (C=O) groups excluding carboxylic acids is 2. The molecule has 1 aliphatic carbocycles. The highest BCUT2D eigenvalue weighted by Crippen LogP contribution is 2.26. The molecular weight excluding hydrogens is 256 g/mol. The molecule has 1 heterocycles. The van der Waals surface area contributed by atoms with E-state index in [0.717, 1.165) is 32.1 Å². The number of nitrogens with one attached hydrogen (secondary N) is 2. The van der Waals surface area contributed by atoms with Gasteiger partial charge in [-0.25, -0.2) is 4.79 Å². The topological polar surface area (TPSA) is 87.5 Å². The molecule has 2 aliphatic rings. The Hall–Kier alpha value is -1.30. The summed E-state index contributed by atoms with van der Waals surface area (Å²) in [6, 6.07) is -0.0168. The second kappa shape index (κ2) is 6.43. The van der Waals surface area contributed by atoms with Crippen molar-refractivity contribution in [1.29, 1.82) is 0 Å². The monoisotopic (exact) mass is 282 g/mol. The zero-order valence-electron chi connectivity index (χ0n) is 12.3. The van der Waals surface area contributed by atoms with Gasteiger partial charge in [0, 0.05) is 25.7 Å². The van der Waals surface area contributed by atoms with Gasteiger partial charge in [0.2, 0.25) is 5.91 Å². The van der Waals surface area contributed by atoms with Crippen molar-refractivity contribution in [2.45, 2.75) is 57.0 Å². The van der Waals surface area contributed by atoms with Crippen LogP contribution < -0.4 is 16.4 Å². The minimum atomic E-state index is -0.697. The molecule has 0 radical (unpaired) electrons. The molecule has 1 aliphatic heterocycles. The van der Waals surface area contributed by atoms with Gasteiger partial charge in [0.1, 0.15) is 0 Å². The summed E-state index contributed by atoms with van der Waals surface area (Å²) in [4.78, 5) is 25.8. The lowest BCUT2D eigenvalue weighted by molar-refractivity contribution is -0.128. The first-order valence-corrected chi connectivity index (χ1v) is 7.68. The van der Waals surface area contributed by atoms with Crippen LogP contribution in [0.3, 0.4) is 0 Å². The van der Waals surface area contributed by atoms with Crippen LogP contribution in [-0.4, -0.2) is 48.1 Å². The molecule has 0 aromatic rings. The van der Waals surface area contributed by atoms with Gasteiger partial charge in [-0.15, -0.1) is 0 Å². The van der Waals surface area contributed by atoms with Crippen molar-refractivity contribution in [2.24, 2.45) is 5.73 Å². The van der Waals surface area contributed by atoms with Crippen molar-refractivity contribution in [3.8, 4) is 0 Å². The van der Waals surface area contributed by atoms with Crippen LogP contribution in [0, 0.1) is 0 Å². The molecule has 6 heteroatoms. The fourth-order valence-corrected chi connectivity index (χ4v) is 3.06. The molecule has 114 valence electrons. The van der Waals surface area contributed by atoms with Gasteiger partial charge in [-0.2, -0.15) is 0 Å². The van der Waals surface area contributed by atoms with E-state index in [1.54, 1.807) is 4.90 Å². The summed E-state index contributed by atoms with van der Waals surface area (Å²) >= 11 is 0. The number of urea groups is 1. The molecule has 0 aromatic heterocycles. The first-order chi connectivity index (χ1) is 9.55. The van der Waals surface area contributed by atoms with E-state index in [-0.39, 0.29) is 18.0 Å². The number of nitrogens with two attached hydrogens (primary N) is 1. The molecule has 1 saturated carbocycles. The van der Waals surface area contributed by atoms with Gasteiger partial charge in [0.05, 0.1) is 5.54 Å². The van der Waals surface area contributed by atoms with Crippen LogP contribution in [-0.2, 0) is 4.79 Å². The Morgan fingerprint density at radius 1 is 1.30 bits per heavy atom. The van der Waals surface area contributed by atoms with Crippen molar-refractivity contribution in [2.75, 3.05) is 19.6 Å². The van der Waals surface area contributed by atoms with Crippen molar-refractivity contribution in [3.05, 3.63) is 0 Å². The van der Waals surface area contributed by atoms with E-state index in [9.17, 15) is 9.59 Å². The van der Waals surface area contributed by atoms with E-state index in [0.29, 0.717) is 19.6 Å². The number of rotatable bonds is 3. The van der Waals surface area contributed by atoms with E-state index in [1.165, 1.54) is 6.42 Å². The zero-order chi connectivity index (χ0) is 14.6. The summed E-state index contributed by atoms with van der Waals surface area (Å²) in [7, 11) is 0. The average molecular weight is 282 g/mol. The van der Waals surface area contributed by atoms with Crippen molar-refractivity contribution < 1.29 is 9.59 Å². The minimum absolute atomic E-state index is 0.0347. The summed E-state index contributed by atoms with van der Waals surface area (Å²) in [6.07, 6.45) is 5.57. The normalized spacial score (nSPS) is 25.3. The zero-order valence-corrected chi connectivity index (χ0v) is 12.3. The molecule has 0 spiro atoms. The van der Waals surface area contributed by atoms with E-state index >= 15 is 0 Å². The van der Waals surface area contributed by atoms with E-state index in [4.69, 9.17) is 5.73 Å². The quantitative estimate of drug-likeness (QED) is 0.707. The van der Waals surface area contributed by atoms with Crippen molar-refractivity contribution in [1.82, 2.24) is 15.5 Å². The Morgan fingerprint density at radius 3 is 2.65 bits per heavy atom. The van der Waals surface area contributed by atoms with E-state index in [2.05, 4.69) is 10.6 Å². The molecule has 2 fully saturated rings. The Balaban J connectivity index is 1.82. The van der Waals surface area contributed by atoms with Gasteiger partial charge >= 0.3 is 6.03 Å².